The lowest BCUT2D eigenvalue weighted by molar-refractivity contribution is -0.122. The molecule has 1 atom stereocenters. The predicted molar refractivity (Wildman–Crippen MR) is 121 cm³/mol. The standard InChI is InChI=1S/C21H20N4O4S2/c1-29-20(28)16-7-12(9-22-16)17-11-31-21(23-17)24-19(27)13-8-18(26)25(10-13)14-3-5-15(30-2)6-4-14/h3-7,9,11,13,22H,8,10H2,1-2H3,(H,23,24,27). The highest BCUT2D eigenvalue weighted by atomic mass is 32.2. The number of nitrogens with zero attached hydrogens (tertiary/aromatic N) is 2. The van der Waals surface area contributed by atoms with Gasteiger partial charge in [-0.1, -0.05) is 0 Å². The van der Waals surface area contributed by atoms with E-state index < -0.39 is 11.9 Å². The largest absolute Gasteiger partial charge is 0.464 e. The summed E-state index contributed by atoms with van der Waals surface area (Å²) in [5.41, 5.74) is 2.47. The molecule has 160 valence electrons. The van der Waals surface area contributed by atoms with Crippen LogP contribution in [0.25, 0.3) is 11.3 Å². The van der Waals surface area contributed by atoms with E-state index >= 15 is 0 Å². The van der Waals surface area contributed by atoms with Crippen LogP contribution in [0.5, 0.6) is 0 Å². The minimum atomic E-state index is -0.464. The normalized spacial score (nSPS) is 15.9. The maximum atomic E-state index is 12.7. The van der Waals surface area contributed by atoms with E-state index in [1.54, 1.807) is 34.3 Å². The third kappa shape index (κ3) is 4.49. The van der Waals surface area contributed by atoms with E-state index in [1.807, 2.05) is 30.5 Å². The molecule has 3 aromatic rings. The van der Waals surface area contributed by atoms with Crippen molar-refractivity contribution in [2.75, 3.05) is 30.1 Å². The van der Waals surface area contributed by atoms with Gasteiger partial charge in [0, 0.05) is 40.7 Å². The van der Waals surface area contributed by atoms with Crippen LogP contribution < -0.4 is 10.2 Å². The van der Waals surface area contributed by atoms with Crippen molar-refractivity contribution in [3.05, 3.63) is 47.6 Å². The van der Waals surface area contributed by atoms with E-state index in [0.29, 0.717) is 28.6 Å². The topological polar surface area (TPSA) is 104 Å². The van der Waals surface area contributed by atoms with Crippen LogP contribution in [0.2, 0.25) is 0 Å². The summed E-state index contributed by atoms with van der Waals surface area (Å²) in [4.78, 5) is 46.8. The Labute approximate surface area is 187 Å². The molecule has 0 bridgehead atoms. The van der Waals surface area contributed by atoms with Gasteiger partial charge >= 0.3 is 5.97 Å². The van der Waals surface area contributed by atoms with Crippen molar-refractivity contribution in [3.8, 4) is 11.3 Å². The maximum Gasteiger partial charge on any atom is 0.354 e. The van der Waals surface area contributed by atoms with Gasteiger partial charge in [0.2, 0.25) is 11.8 Å². The number of carbonyl (C=O) groups is 3. The molecule has 2 aromatic heterocycles. The number of ether oxygens (including phenoxy) is 1. The molecule has 2 amide bonds. The summed E-state index contributed by atoms with van der Waals surface area (Å²) in [5.74, 6) is -1.21. The lowest BCUT2D eigenvalue weighted by atomic mass is 10.1. The number of rotatable bonds is 6. The number of aromatic nitrogens is 2. The highest BCUT2D eigenvalue weighted by Crippen LogP contribution is 2.29. The van der Waals surface area contributed by atoms with Crippen molar-refractivity contribution in [1.82, 2.24) is 9.97 Å². The fourth-order valence-electron chi connectivity index (χ4n) is 3.34. The second kappa shape index (κ2) is 8.94. The van der Waals surface area contributed by atoms with Crippen LogP contribution >= 0.6 is 23.1 Å². The molecule has 0 spiro atoms. The van der Waals surface area contributed by atoms with Crippen molar-refractivity contribution in [3.63, 3.8) is 0 Å². The second-order valence-corrected chi connectivity index (χ2v) is 8.66. The molecule has 1 saturated heterocycles. The Hall–Kier alpha value is -3.11. The van der Waals surface area contributed by atoms with Gasteiger partial charge < -0.3 is 19.9 Å². The lowest BCUT2D eigenvalue weighted by Gasteiger charge is -2.16. The zero-order valence-corrected chi connectivity index (χ0v) is 18.5. The zero-order valence-electron chi connectivity index (χ0n) is 16.9. The van der Waals surface area contributed by atoms with Gasteiger partial charge in [-0.25, -0.2) is 9.78 Å². The van der Waals surface area contributed by atoms with Crippen LogP contribution in [0.4, 0.5) is 10.8 Å². The lowest BCUT2D eigenvalue weighted by Crippen LogP contribution is -2.28. The van der Waals surface area contributed by atoms with E-state index in [9.17, 15) is 14.4 Å². The van der Waals surface area contributed by atoms with Gasteiger partial charge in [0.15, 0.2) is 5.13 Å². The van der Waals surface area contributed by atoms with Crippen molar-refractivity contribution in [2.24, 2.45) is 5.92 Å². The third-order valence-electron chi connectivity index (χ3n) is 5.00. The minimum absolute atomic E-state index is 0.0699. The molecule has 1 fully saturated rings. The molecule has 3 heterocycles. The number of hydrogen-bond donors (Lipinski definition) is 2. The molecule has 2 N–H and O–H groups in total. The first-order valence-corrected chi connectivity index (χ1v) is 11.6. The number of benzene rings is 1. The monoisotopic (exact) mass is 456 g/mol. The Morgan fingerprint density at radius 1 is 1.32 bits per heavy atom. The van der Waals surface area contributed by atoms with E-state index in [0.717, 1.165) is 10.6 Å². The molecule has 8 nitrogen and oxygen atoms in total. The first-order valence-electron chi connectivity index (χ1n) is 9.46. The quantitative estimate of drug-likeness (QED) is 0.434. The fourth-order valence-corrected chi connectivity index (χ4v) is 4.47. The van der Waals surface area contributed by atoms with Gasteiger partial charge in [0.1, 0.15) is 5.69 Å². The zero-order chi connectivity index (χ0) is 22.0. The minimum Gasteiger partial charge on any atom is -0.464 e. The van der Waals surface area contributed by atoms with Gasteiger partial charge in [-0.2, -0.15) is 0 Å². The molecule has 0 radical (unpaired) electrons. The highest BCUT2D eigenvalue weighted by molar-refractivity contribution is 7.98. The van der Waals surface area contributed by atoms with Gasteiger partial charge in [0.05, 0.1) is 18.7 Å². The SMILES string of the molecule is COC(=O)c1cc(-c2csc(NC(=O)C3CC(=O)N(c4ccc(SC)cc4)C3)n2)c[nH]1. The third-order valence-corrected chi connectivity index (χ3v) is 6.50. The average Bonchev–Trinajstić information content (AvgIpc) is 3.53. The van der Waals surface area contributed by atoms with Gasteiger partial charge in [-0.05, 0) is 36.6 Å². The Bertz CT molecular complexity index is 1120. The van der Waals surface area contributed by atoms with Crippen LogP contribution in [-0.2, 0) is 14.3 Å². The molecule has 0 saturated carbocycles. The number of thioether (sulfide) groups is 1. The van der Waals surface area contributed by atoms with Crippen LogP contribution in [0, 0.1) is 5.92 Å². The molecule has 31 heavy (non-hydrogen) atoms. The van der Waals surface area contributed by atoms with Crippen molar-refractivity contribution in [2.45, 2.75) is 11.3 Å². The summed E-state index contributed by atoms with van der Waals surface area (Å²) in [6.45, 7) is 0.335. The molecule has 1 aliphatic heterocycles. The average molecular weight is 457 g/mol. The number of esters is 1. The Morgan fingerprint density at radius 3 is 2.81 bits per heavy atom. The number of nitrogens with one attached hydrogen (secondary N) is 2. The molecule has 10 heteroatoms. The summed E-state index contributed by atoms with van der Waals surface area (Å²) in [6.07, 6.45) is 3.81. The molecule has 1 unspecified atom stereocenters. The van der Waals surface area contributed by atoms with Gasteiger partial charge in [0.25, 0.3) is 0 Å². The predicted octanol–water partition coefficient (Wildman–Crippen LogP) is 3.64. The summed E-state index contributed by atoms with van der Waals surface area (Å²) in [5, 5.41) is 5.04. The number of anilines is 2. The van der Waals surface area contributed by atoms with Crippen molar-refractivity contribution in [1.29, 1.82) is 0 Å². The van der Waals surface area contributed by atoms with E-state index in [2.05, 4.69) is 20.0 Å². The number of aromatic amines is 1. The van der Waals surface area contributed by atoms with E-state index in [1.165, 1.54) is 18.4 Å². The first kappa shape index (κ1) is 21.1. The number of methoxy groups -OCH3 is 1. The summed E-state index contributed by atoms with van der Waals surface area (Å²) in [7, 11) is 1.31. The van der Waals surface area contributed by atoms with E-state index in [-0.39, 0.29) is 18.2 Å². The smallest absolute Gasteiger partial charge is 0.354 e. The Kier molecular flexibility index (Phi) is 6.10. The first-order chi connectivity index (χ1) is 15.0. The van der Waals surface area contributed by atoms with Crippen LogP contribution in [0.15, 0.2) is 46.8 Å². The van der Waals surface area contributed by atoms with Crippen LogP contribution in [0.1, 0.15) is 16.9 Å². The second-order valence-electron chi connectivity index (χ2n) is 6.92. The van der Waals surface area contributed by atoms with E-state index in [4.69, 9.17) is 0 Å². The van der Waals surface area contributed by atoms with Crippen LogP contribution in [-0.4, -0.2) is 47.7 Å². The maximum absolute atomic E-state index is 12.7. The summed E-state index contributed by atoms with van der Waals surface area (Å²) in [6, 6.07) is 9.37. The molecule has 0 aliphatic carbocycles. The molecule has 1 aromatic carbocycles. The van der Waals surface area contributed by atoms with Gasteiger partial charge in [-0.3, -0.25) is 9.59 Å². The Balaban J connectivity index is 1.40. The molecule has 4 rings (SSSR count). The molecular formula is C21H20N4O4S2. The number of hydrogen-bond acceptors (Lipinski definition) is 7. The van der Waals surface area contributed by atoms with Crippen molar-refractivity contribution < 1.29 is 19.1 Å². The number of amides is 2. The number of carbonyl (C=O) groups excluding carboxylic acids is 3. The van der Waals surface area contributed by atoms with Gasteiger partial charge in [-0.15, -0.1) is 23.1 Å². The fraction of sp³-hybridized carbons (Fsp3) is 0.238. The summed E-state index contributed by atoms with van der Waals surface area (Å²) >= 11 is 2.92. The summed E-state index contributed by atoms with van der Waals surface area (Å²) < 4.78 is 4.68. The Morgan fingerprint density at radius 2 is 2.10 bits per heavy atom. The molecule has 1 aliphatic rings. The van der Waals surface area contributed by atoms with Crippen molar-refractivity contribution >= 4 is 51.7 Å². The number of thiazole rings is 1. The highest BCUT2D eigenvalue weighted by Gasteiger charge is 2.35. The number of H-pyrrole nitrogens is 1. The van der Waals surface area contributed by atoms with Crippen LogP contribution in [0.3, 0.4) is 0 Å². The molecular weight excluding hydrogens is 436 g/mol.